The van der Waals surface area contributed by atoms with Gasteiger partial charge in [-0.3, -0.25) is 0 Å². The van der Waals surface area contributed by atoms with Crippen LogP contribution in [0.1, 0.15) is 40.3 Å². The maximum absolute atomic E-state index is 9.88. The van der Waals surface area contributed by atoms with Crippen LogP contribution < -0.4 is 0 Å². The Hall–Kier alpha value is -3.34. The summed E-state index contributed by atoms with van der Waals surface area (Å²) >= 11 is 0. The zero-order chi connectivity index (χ0) is 20.8. The highest BCUT2D eigenvalue weighted by atomic mass is 16.5. The molecule has 1 heterocycles. The van der Waals surface area contributed by atoms with E-state index in [2.05, 4.69) is 23.7 Å². The van der Waals surface area contributed by atoms with Gasteiger partial charge in [-0.25, -0.2) is 0 Å². The molecule has 1 fully saturated rings. The van der Waals surface area contributed by atoms with Gasteiger partial charge in [-0.2, -0.15) is 0 Å². The molecule has 3 nitrogen and oxygen atoms in total. The second-order valence-electron chi connectivity index (χ2n) is 7.21. The van der Waals surface area contributed by atoms with Crippen molar-refractivity contribution in [2.75, 3.05) is 6.61 Å². The van der Waals surface area contributed by atoms with Crippen LogP contribution in [-0.4, -0.2) is 29.0 Å². The lowest BCUT2D eigenvalue weighted by Gasteiger charge is -2.12. The minimum Gasteiger partial charge on any atom is -0.394 e. The van der Waals surface area contributed by atoms with E-state index in [1.165, 1.54) is 0 Å². The Morgan fingerprint density at radius 2 is 1.17 bits per heavy atom. The molecule has 0 radical (unpaired) electrons. The Kier molecular flexibility index (Phi) is 6.28. The quantitative estimate of drug-likeness (QED) is 0.652. The van der Waals surface area contributed by atoms with Gasteiger partial charge >= 0.3 is 0 Å². The standard InChI is InChI=1S/C27H22O3/c28-19-27-25(29)18-26(30-27)24-16-14-23(15-17-24)13-12-22-10-8-21(9-11-22)7-6-20-4-2-1-3-5-20/h1-5,8-11,14-17,25-29H,18-19H2/t25-,26-,27-/m1/s1. The maximum Gasteiger partial charge on any atom is 0.107 e. The van der Waals surface area contributed by atoms with Gasteiger partial charge in [0.1, 0.15) is 6.10 Å². The fourth-order valence-electron chi connectivity index (χ4n) is 3.34. The Labute approximate surface area is 177 Å². The molecule has 4 rings (SSSR count). The van der Waals surface area contributed by atoms with E-state index in [1.807, 2.05) is 78.9 Å². The average Bonchev–Trinajstić information content (AvgIpc) is 3.18. The number of aliphatic hydroxyl groups excluding tert-OH is 2. The van der Waals surface area contributed by atoms with Crippen molar-refractivity contribution in [1.82, 2.24) is 0 Å². The predicted octanol–water partition coefficient (Wildman–Crippen LogP) is 3.67. The number of hydrogen-bond acceptors (Lipinski definition) is 3. The van der Waals surface area contributed by atoms with Crippen LogP contribution in [0.25, 0.3) is 0 Å². The van der Waals surface area contributed by atoms with E-state index in [9.17, 15) is 10.2 Å². The second kappa shape index (κ2) is 9.44. The topological polar surface area (TPSA) is 49.7 Å². The molecule has 3 aromatic carbocycles. The van der Waals surface area contributed by atoms with Gasteiger partial charge in [-0.15, -0.1) is 0 Å². The Bertz CT molecular complexity index is 1090. The second-order valence-corrected chi connectivity index (χ2v) is 7.21. The highest BCUT2D eigenvalue weighted by Gasteiger charge is 2.33. The first-order valence-corrected chi connectivity index (χ1v) is 9.95. The molecule has 148 valence electrons. The summed E-state index contributed by atoms with van der Waals surface area (Å²) in [5, 5.41) is 19.1. The molecule has 0 spiro atoms. The van der Waals surface area contributed by atoms with E-state index in [1.54, 1.807) is 0 Å². The highest BCUT2D eigenvalue weighted by Crippen LogP contribution is 2.32. The van der Waals surface area contributed by atoms with Crippen LogP contribution in [0.3, 0.4) is 0 Å². The Morgan fingerprint density at radius 1 is 0.700 bits per heavy atom. The van der Waals surface area contributed by atoms with Gasteiger partial charge in [0.05, 0.1) is 18.8 Å². The van der Waals surface area contributed by atoms with Gasteiger partial charge in [0.25, 0.3) is 0 Å². The molecule has 2 N–H and O–H groups in total. The number of ether oxygens (including phenoxy) is 1. The molecule has 0 unspecified atom stereocenters. The molecule has 1 saturated heterocycles. The van der Waals surface area contributed by atoms with Crippen LogP contribution in [0, 0.1) is 23.7 Å². The Balaban J connectivity index is 1.40. The first-order chi connectivity index (χ1) is 14.7. The van der Waals surface area contributed by atoms with Crippen molar-refractivity contribution >= 4 is 0 Å². The third-order valence-corrected chi connectivity index (χ3v) is 5.05. The van der Waals surface area contributed by atoms with Crippen molar-refractivity contribution in [3.05, 3.63) is 107 Å². The fourth-order valence-corrected chi connectivity index (χ4v) is 3.34. The lowest BCUT2D eigenvalue weighted by Crippen LogP contribution is -2.24. The van der Waals surface area contributed by atoms with Crippen LogP contribution in [0.4, 0.5) is 0 Å². The third-order valence-electron chi connectivity index (χ3n) is 5.05. The normalized spacial score (nSPS) is 20.0. The summed E-state index contributed by atoms with van der Waals surface area (Å²) in [5.41, 5.74) is 4.76. The largest absolute Gasteiger partial charge is 0.394 e. The van der Waals surface area contributed by atoms with Gasteiger partial charge in [0.2, 0.25) is 0 Å². The molecule has 0 saturated carbocycles. The van der Waals surface area contributed by atoms with E-state index >= 15 is 0 Å². The van der Waals surface area contributed by atoms with E-state index in [0.29, 0.717) is 6.42 Å². The van der Waals surface area contributed by atoms with Crippen molar-refractivity contribution < 1.29 is 14.9 Å². The molecule has 30 heavy (non-hydrogen) atoms. The molecule has 3 aromatic rings. The molecular formula is C27H22O3. The minimum atomic E-state index is -0.625. The number of benzene rings is 3. The number of aliphatic hydroxyl groups is 2. The number of rotatable bonds is 2. The van der Waals surface area contributed by atoms with Crippen LogP contribution in [0.5, 0.6) is 0 Å². The van der Waals surface area contributed by atoms with Crippen molar-refractivity contribution in [2.24, 2.45) is 0 Å². The van der Waals surface area contributed by atoms with E-state index < -0.39 is 12.2 Å². The molecule has 1 aliphatic heterocycles. The summed E-state index contributed by atoms with van der Waals surface area (Å²) in [6.45, 7) is -0.169. The van der Waals surface area contributed by atoms with Gasteiger partial charge in [-0.1, -0.05) is 54.0 Å². The van der Waals surface area contributed by atoms with Gasteiger partial charge in [0, 0.05) is 28.7 Å². The lowest BCUT2D eigenvalue weighted by molar-refractivity contribution is -0.0225. The highest BCUT2D eigenvalue weighted by molar-refractivity contribution is 5.48. The molecular weight excluding hydrogens is 372 g/mol. The zero-order valence-electron chi connectivity index (χ0n) is 16.5. The third kappa shape index (κ3) is 4.98. The summed E-state index contributed by atoms with van der Waals surface area (Å²) in [6, 6.07) is 25.6. The monoisotopic (exact) mass is 394 g/mol. The SMILES string of the molecule is OC[C@H]1O[C@@H](c2ccc(C#Cc3ccc(C#Cc4ccccc4)cc3)cc2)C[C@H]1O. The molecule has 0 amide bonds. The predicted molar refractivity (Wildman–Crippen MR) is 117 cm³/mol. The summed E-state index contributed by atoms with van der Waals surface area (Å²) in [4.78, 5) is 0. The zero-order valence-corrected chi connectivity index (χ0v) is 16.5. The van der Waals surface area contributed by atoms with Crippen molar-refractivity contribution in [1.29, 1.82) is 0 Å². The Morgan fingerprint density at radius 3 is 1.63 bits per heavy atom. The first-order valence-electron chi connectivity index (χ1n) is 9.95. The van der Waals surface area contributed by atoms with E-state index in [-0.39, 0.29) is 12.7 Å². The molecule has 3 atom stereocenters. The number of hydrogen-bond donors (Lipinski definition) is 2. The summed E-state index contributed by atoms with van der Waals surface area (Å²) < 4.78 is 5.69. The molecule has 1 aliphatic rings. The fraction of sp³-hybridized carbons (Fsp3) is 0.185. The maximum atomic E-state index is 9.88. The lowest BCUT2D eigenvalue weighted by atomic mass is 10.0. The van der Waals surface area contributed by atoms with Crippen LogP contribution in [0.2, 0.25) is 0 Å². The molecule has 0 aliphatic carbocycles. The first kappa shape index (κ1) is 20.0. The van der Waals surface area contributed by atoms with Crippen LogP contribution in [0.15, 0.2) is 78.9 Å². The summed E-state index contributed by atoms with van der Waals surface area (Å²) in [6.07, 6.45) is -0.825. The van der Waals surface area contributed by atoms with Crippen molar-refractivity contribution in [3.63, 3.8) is 0 Å². The van der Waals surface area contributed by atoms with Crippen LogP contribution >= 0.6 is 0 Å². The van der Waals surface area contributed by atoms with Gasteiger partial charge in [0.15, 0.2) is 0 Å². The van der Waals surface area contributed by atoms with Crippen molar-refractivity contribution in [2.45, 2.75) is 24.7 Å². The van der Waals surface area contributed by atoms with Crippen LogP contribution in [-0.2, 0) is 4.74 Å². The molecule has 0 aromatic heterocycles. The van der Waals surface area contributed by atoms with Crippen molar-refractivity contribution in [3.8, 4) is 23.7 Å². The van der Waals surface area contributed by atoms with E-state index in [0.717, 1.165) is 27.8 Å². The van der Waals surface area contributed by atoms with E-state index in [4.69, 9.17) is 4.74 Å². The summed E-state index contributed by atoms with van der Waals surface area (Å²) in [7, 11) is 0. The average molecular weight is 394 g/mol. The van der Waals surface area contributed by atoms with Gasteiger partial charge < -0.3 is 14.9 Å². The molecule has 0 bridgehead atoms. The smallest absolute Gasteiger partial charge is 0.107 e. The molecule has 3 heteroatoms. The summed E-state index contributed by atoms with van der Waals surface area (Å²) in [5.74, 6) is 12.7. The van der Waals surface area contributed by atoms with Gasteiger partial charge in [-0.05, 0) is 54.1 Å². The minimum absolute atomic E-state index is 0.169.